The molecule has 0 N–H and O–H groups in total. The highest BCUT2D eigenvalue weighted by molar-refractivity contribution is 14.1. The van der Waals surface area contributed by atoms with Gasteiger partial charge in [0.1, 0.15) is 0 Å². The molecule has 0 aliphatic heterocycles. The molecule has 0 saturated carbocycles. The number of hydrogen-bond donors (Lipinski definition) is 0. The van der Waals surface area contributed by atoms with Gasteiger partial charge < -0.3 is 4.74 Å². The fourth-order valence-corrected chi connectivity index (χ4v) is 1.60. The summed E-state index contributed by atoms with van der Waals surface area (Å²) in [6.45, 7) is 2.15. The van der Waals surface area contributed by atoms with Gasteiger partial charge in [0.25, 0.3) is 0 Å². The number of carbonyl (C=O) groups excluding carboxylic acids is 1. The number of carbonyl (C=O) groups is 1. The van der Waals surface area contributed by atoms with Crippen LogP contribution in [0.5, 0.6) is 0 Å². The average Bonchev–Trinajstić information content (AvgIpc) is 2.10. The van der Waals surface area contributed by atoms with Crippen molar-refractivity contribution in [1.29, 1.82) is 0 Å². The molecule has 0 aromatic carbocycles. The minimum atomic E-state index is -0.333. The van der Waals surface area contributed by atoms with Gasteiger partial charge in [-0.25, -0.2) is 4.79 Å². The summed E-state index contributed by atoms with van der Waals surface area (Å²) in [5.74, 6) is -0.333. The summed E-state index contributed by atoms with van der Waals surface area (Å²) < 4.78 is 6.49. The first-order valence-electron chi connectivity index (χ1n) is 3.63. The fourth-order valence-electron chi connectivity index (χ4n) is 0.770. The van der Waals surface area contributed by atoms with Gasteiger partial charge in [0.15, 0.2) is 0 Å². The quantitative estimate of drug-likeness (QED) is 0.604. The second kappa shape index (κ2) is 4.90. The van der Waals surface area contributed by atoms with E-state index in [1.54, 1.807) is 13.1 Å². The summed E-state index contributed by atoms with van der Waals surface area (Å²) in [5.41, 5.74) is 0.497. The molecule has 0 amide bonds. The smallest absolute Gasteiger partial charge is 0.340 e. The molecular weight excluding hydrogens is 349 g/mol. The SMILES string of the molecule is CCOC(=O)c1cncc(Br)c1I. The molecule has 0 radical (unpaired) electrons. The maximum Gasteiger partial charge on any atom is 0.340 e. The number of ether oxygens (including phenoxy) is 1. The maximum atomic E-state index is 11.3. The number of aromatic nitrogens is 1. The molecule has 0 aliphatic carbocycles. The van der Waals surface area contributed by atoms with E-state index in [1.165, 1.54) is 6.20 Å². The third kappa shape index (κ3) is 2.63. The third-order valence-electron chi connectivity index (χ3n) is 1.33. The Morgan fingerprint density at radius 1 is 1.69 bits per heavy atom. The van der Waals surface area contributed by atoms with Gasteiger partial charge in [-0.05, 0) is 45.4 Å². The lowest BCUT2D eigenvalue weighted by atomic mass is 10.3. The number of pyridine rings is 1. The van der Waals surface area contributed by atoms with Gasteiger partial charge in [-0.2, -0.15) is 0 Å². The van der Waals surface area contributed by atoms with Gasteiger partial charge in [-0.15, -0.1) is 0 Å². The van der Waals surface area contributed by atoms with Crippen molar-refractivity contribution in [3.05, 3.63) is 26.0 Å². The van der Waals surface area contributed by atoms with Crippen LogP contribution in [0.25, 0.3) is 0 Å². The van der Waals surface area contributed by atoms with E-state index < -0.39 is 0 Å². The molecule has 0 fully saturated rings. The lowest BCUT2D eigenvalue weighted by Crippen LogP contribution is -2.07. The fraction of sp³-hybridized carbons (Fsp3) is 0.250. The Hall–Kier alpha value is -0.170. The van der Waals surface area contributed by atoms with Gasteiger partial charge in [0.2, 0.25) is 0 Å². The highest BCUT2D eigenvalue weighted by Gasteiger charge is 2.12. The van der Waals surface area contributed by atoms with Crippen molar-refractivity contribution in [2.24, 2.45) is 0 Å². The minimum absolute atomic E-state index is 0.333. The molecule has 1 aromatic heterocycles. The second-order valence-corrected chi connectivity index (χ2v) is 4.14. The van der Waals surface area contributed by atoms with Crippen molar-refractivity contribution in [3.63, 3.8) is 0 Å². The zero-order valence-corrected chi connectivity index (χ0v) is 10.6. The highest BCUT2D eigenvalue weighted by atomic mass is 127. The standard InChI is InChI=1S/C8H7BrINO2/c1-2-13-8(12)5-3-11-4-6(9)7(5)10/h3-4H,2H2,1H3. The zero-order chi connectivity index (χ0) is 9.84. The van der Waals surface area contributed by atoms with Crippen molar-refractivity contribution < 1.29 is 9.53 Å². The van der Waals surface area contributed by atoms with Crippen molar-refractivity contribution >= 4 is 44.5 Å². The zero-order valence-electron chi connectivity index (χ0n) is 6.88. The molecule has 0 aliphatic rings. The van der Waals surface area contributed by atoms with Crippen molar-refractivity contribution in [2.45, 2.75) is 6.92 Å². The van der Waals surface area contributed by atoms with Crippen LogP contribution in [0, 0.1) is 3.57 Å². The molecule has 1 rings (SSSR count). The van der Waals surface area contributed by atoms with E-state index in [0.29, 0.717) is 12.2 Å². The topological polar surface area (TPSA) is 39.2 Å². The van der Waals surface area contributed by atoms with Gasteiger partial charge in [-0.1, -0.05) is 0 Å². The first-order valence-corrected chi connectivity index (χ1v) is 5.50. The van der Waals surface area contributed by atoms with Crippen LogP contribution in [0.2, 0.25) is 0 Å². The second-order valence-electron chi connectivity index (χ2n) is 2.20. The van der Waals surface area contributed by atoms with Crippen molar-refractivity contribution in [2.75, 3.05) is 6.61 Å². The van der Waals surface area contributed by atoms with Crippen LogP contribution in [-0.4, -0.2) is 17.6 Å². The number of esters is 1. The minimum Gasteiger partial charge on any atom is -0.462 e. The molecule has 0 saturated heterocycles. The van der Waals surface area contributed by atoms with Crippen LogP contribution in [-0.2, 0) is 4.74 Å². The van der Waals surface area contributed by atoms with Gasteiger partial charge in [0, 0.05) is 16.0 Å². The van der Waals surface area contributed by atoms with E-state index in [2.05, 4.69) is 43.5 Å². The first-order chi connectivity index (χ1) is 6.16. The number of rotatable bonds is 2. The van der Waals surface area contributed by atoms with E-state index in [4.69, 9.17) is 4.74 Å². The first kappa shape index (κ1) is 10.9. The normalized spacial score (nSPS) is 9.77. The molecule has 1 heterocycles. The number of nitrogens with zero attached hydrogens (tertiary/aromatic N) is 1. The summed E-state index contributed by atoms with van der Waals surface area (Å²) in [6.07, 6.45) is 3.15. The lowest BCUT2D eigenvalue weighted by molar-refractivity contribution is 0.0524. The predicted octanol–water partition coefficient (Wildman–Crippen LogP) is 2.63. The van der Waals surface area contributed by atoms with Gasteiger partial charge >= 0.3 is 5.97 Å². The van der Waals surface area contributed by atoms with E-state index in [1.807, 2.05) is 0 Å². The molecule has 5 heteroatoms. The Labute approximate surface area is 98.2 Å². The summed E-state index contributed by atoms with van der Waals surface area (Å²) in [4.78, 5) is 15.2. The Bertz CT molecular complexity index is 330. The van der Waals surface area contributed by atoms with Crippen molar-refractivity contribution in [3.8, 4) is 0 Å². The number of hydrogen-bond acceptors (Lipinski definition) is 3. The van der Waals surface area contributed by atoms with E-state index >= 15 is 0 Å². The predicted molar refractivity (Wildman–Crippen MR) is 60.6 cm³/mol. The summed E-state index contributed by atoms with van der Waals surface area (Å²) in [5, 5.41) is 0. The number of halogens is 2. The maximum absolute atomic E-state index is 11.3. The monoisotopic (exact) mass is 355 g/mol. The molecule has 0 unspecified atom stereocenters. The largest absolute Gasteiger partial charge is 0.462 e. The van der Waals surface area contributed by atoms with Crippen LogP contribution >= 0.6 is 38.5 Å². The highest BCUT2D eigenvalue weighted by Crippen LogP contribution is 2.21. The Balaban J connectivity index is 3.01. The Kier molecular flexibility index (Phi) is 4.11. The molecule has 0 spiro atoms. The average molecular weight is 356 g/mol. The Morgan fingerprint density at radius 2 is 2.38 bits per heavy atom. The molecule has 1 aromatic rings. The third-order valence-corrected chi connectivity index (χ3v) is 3.84. The van der Waals surface area contributed by atoms with Gasteiger partial charge in [-0.3, -0.25) is 4.98 Å². The summed E-state index contributed by atoms with van der Waals surface area (Å²) in [7, 11) is 0. The lowest BCUT2D eigenvalue weighted by Gasteiger charge is -2.04. The molecule has 0 atom stereocenters. The Morgan fingerprint density at radius 3 is 3.00 bits per heavy atom. The molecular formula is C8H7BrINO2. The van der Waals surface area contributed by atoms with Crippen LogP contribution in [0.3, 0.4) is 0 Å². The van der Waals surface area contributed by atoms with Crippen LogP contribution in [0.1, 0.15) is 17.3 Å². The van der Waals surface area contributed by atoms with E-state index in [0.717, 1.165) is 8.04 Å². The van der Waals surface area contributed by atoms with E-state index in [-0.39, 0.29) is 5.97 Å². The molecule has 0 bridgehead atoms. The van der Waals surface area contributed by atoms with Crippen LogP contribution < -0.4 is 0 Å². The molecule has 70 valence electrons. The summed E-state index contributed by atoms with van der Waals surface area (Å²) >= 11 is 5.36. The summed E-state index contributed by atoms with van der Waals surface area (Å²) in [6, 6.07) is 0. The molecule has 3 nitrogen and oxygen atoms in total. The van der Waals surface area contributed by atoms with Gasteiger partial charge in [0.05, 0.1) is 16.6 Å². The molecule has 13 heavy (non-hydrogen) atoms. The van der Waals surface area contributed by atoms with Crippen LogP contribution in [0.15, 0.2) is 16.9 Å². The van der Waals surface area contributed by atoms with E-state index in [9.17, 15) is 4.79 Å². The van der Waals surface area contributed by atoms with Crippen molar-refractivity contribution in [1.82, 2.24) is 4.98 Å². The van der Waals surface area contributed by atoms with Crippen LogP contribution in [0.4, 0.5) is 0 Å².